The Hall–Kier alpha value is -3.12. The van der Waals surface area contributed by atoms with Gasteiger partial charge in [0.2, 0.25) is 0 Å². The van der Waals surface area contributed by atoms with Crippen LogP contribution in [0.3, 0.4) is 0 Å². The number of fused-ring (bicyclic) bond motifs is 1. The molecule has 2 aliphatic heterocycles. The molecule has 6 nitrogen and oxygen atoms in total. The number of nitrogens with one attached hydrogen (secondary N) is 2. The highest BCUT2D eigenvalue weighted by atomic mass is 16.5. The molecule has 2 heterocycles. The Morgan fingerprint density at radius 2 is 1.88 bits per heavy atom. The average Bonchev–Trinajstić information content (AvgIpc) is 3.26. The Labute approximate surface area is 195 Å². The van der Waals surface area contributed by atoms with Crippen LogP contribution in [0.1, 0.15) is 51.1 Å². The summed E-state index contributed by atoms with van der Waals surface area (Å²) in [7, 11) is 0. The molecule has 2 aromatic rings. The minimum atomic E-state index is -0.509. The number of urea groups is 1. The number of benzene rings is 2. The molecule has 1 fully saturated rings. The maximum Gasteiger partial charge on any atom is 0.322 e. The van der Waals surface area contributed by atoms with E-state index in [4.69, 9.17) is 4.74 Å². The highest BCUT2D eigenvalue weighted by Crippen LogP contribution is 2.48. The molecule has 2 atom stereocenters. The lowest BCUT2D eigenvalue weighted by atomic mass is 9.73. The van der Waals surface area contributed by atoms with Crippen LogP contribution < -0.4 is 15.5 Å². The first-order valence-corrected chi connectivity index (χ1v) is 11.8. The largest absolute Gasteiger partial charge is 0.376 e. The predicted octanol–water partition coefficient (Wildman–Crippen LogP) is 5.19. The van der Waals surface area contributed by atoms with Crippen LogP contribution >= 0.6 is 0 Å². The van der Waals surface area contributed by atoms with Gasteiger partial charge in [-0.25, -0.2) is 4.79 Å². The van der Waals surface area contributed by atoms with Gasteiger partial charge in [-0.1, -0.05) is 56.3 Å². The number of Topliss-reactive ketones (excluding diaryl/α,β-unsaturated/α-hetero) is 1. The molecular formula is C27H31N3O3. The summed E-state index contributed by atoms with van der Waals surface area (Å²) in [6, 6.07) is 16.9. The lowest BCUT2D eigenvalue weighted by Gasteiger charge is -2.37. The number of rotatable bonds is 3. The van der Waals surface area contributed by atoms with Crippen molar-refractivity contribution in [2.75, 3.05) is 23.4 Å². The van der Waals surface area contributed by atoms with Gasteiger partial charge in [0, 0.05) is 30.8 Å². The van der Waals surface area contributed by atoms with Gasteiger partial charge in [-0.05, 0) is 42.4 Å². The van der Waals surface area contributed by atoms with E-state index < -0.39 is 6.04 Å². The molecule has 33 heavy (non-hydrogen) atoms. The van der Waals surface area contributed by atoms with Crippen LogP contribution in [0, 0.1) is 5.41 Å². The van der Waals surface area contributed by atoms with Crippen molar-refractivity contribution < 1.29 is 14.3 Å². The van der Waals surface area contributed by atoms with E-state index in [9.17, 15) is 9.59 Å². The van der Waals surface area contributed by atoms with Crippen molar-refractivity contribution in [3.8, 4) is 0 Å². The molecule has 2 aromatic carbocycles. The van der Waals surface area contributed by atoms with E-state index in [1.54, 1.807) is 4.90 Å². The molecule has 0 bridgehead atoms. The zero-order valence-electron chi connectivity index (χ0n) is 19.3. The van der Waals surface area contributed by atoms with Crippen molar-refractivity contribution >= 4 is 23.2 Å². The number of allylic oxidation sites excluding steroid dienone is 1. The number of carbonyl (C=O) groups is 2. The fourth-order valence-corrected chi connectivity index (χ4v) is 5.25. The van der Waals surface area contributed by atoms with Crippen LogP contribution in [-0.2, 0) is 9.53 Å². The number of ketones is 1. The monoisotopic (exact) mass is 445 g/mol. The minimum Gasteiger partial charge on any atom is -0.376 e. The number of carbonyl (C=O) groups excluding carboxylic acids is 2. The number of para-hydroxylation sites is 2. The highest BCUT2D eigenvalue weighted by molar-refractivity contribution is 6.06. The van der Waals surface area contributed by atoms with Crippen molar-refractivity contribution in [1.29, 1.82) is 0 Å². The molecule has 6 heteroatoms. The normalized spacial score (nSPS) is 23.9. The summed E-state index contributed by atoms with van der Waals surface area (Å²) in [6.45, 7) is 5.44. The van der Waals surface area contributed by atoms with Gasteiger partial charge in [0.25, 0.3) is 0 Å². The summed E-state index contributed by atoms with van der Waals surface area (Å²) in [5.41, 5.74) is 3.97. The van der Waals surface area contributed by atoms with Gasteiger partial charge in [-0.15, -0.1) is 0 Å². The van der Waals surface area contributed by atoms with Crippen LogP contribution in [-0.4, -0.2) is 31.1 Å². The minimum absolute atomic E-state index is 0.0383. The van der Waals surface area contributed by atoms with Crippen LogP contribution in [0.15, 0.2) is 65.9 Å². The van der Waals surface area contributed by atoms with Crippen molar-refractivity contribution in [2.24, 2.45) is 5.41 Å². The molecular weight excluding hydrogens is 414 g/mol. The summed E-state index contributed by atoms with van der Waals surface area (Å²) < 4.78 is 5.71. The maximum absolute atomic E-state index is 13.8. The quantitative estimate of drug-likeness (QED) is 0.682. The molecule has 0 radical (unpaired) electrons. The third-order valence-corrected chi connectivity index (χ3v) is 6.74. The first-order chi connectivity index (χ1) is 15.9. The second-order valence-electron chi connectivity index (χ2n) is 9.98. The number of hydrogen-bond acceptors (Lipinski definition) is 4. The maximum atomic E-state index is 13.8. The Balaban J connectivity index is 1.63. The summed E-state index contributed by atoms with van der Waals surface area (Å²) in [5.74, 6) is 0.0901. The third-order valence-electron chi connectivity index (χ3n) is 6.74. The van der Waals surface area contributed by atoms with E-state index in [0.717, 1.165) is 48.5 Å². The molecule has 5 rings (SSSR count). The van der Waals surface area contributed by atoms with Gasteiger partial charge in [0.1, 0.15) is 0 Å². The van der Waals surface area contributed by atoms with Crippen LogP contribution in [0.25, 0.3) is 0 Å². The van der Waals surface area contributed by atoms with Crippen molar-refractivity contribution in [3.63, 3.8) is 0 Å². The lowest BCUT2D eigenvalue weighted by Crippen LogP contribution is -2.46. The predicted molar refractivity (Wildman–Crippen MR) is 129 cm³/mol. The van der Waals surface area contributed by atoms with E-state index in [1.165, 1.54) is 0 Å². The van der Waals surface area contributed by atoms with Crippen LogP contribution in [0.5, 0.6) is 0 Å². The Morgan fingerprint density at radius 1 is 1.12 bits per heavy atom. The number of anilines is 2. The zero-order valence-corrected chi connectivity index (χ0v) is 19.3. The van der Waals surface area contributed by atoms with Crippen molar-refractivity contribution in [3.05, 3.63) is 71.4 Å². The first-order valence-electron chi connectivity index (χ1n) is 11.8. The van der Waals surface area contributed by atoms with Gasteiger partial charge in [0.15, 0.2) is 5.78 Å². The lowest BCUT2D eigenvalue weighted by molar-refractivity contribution is -0.118. The average molecular weight is 446 g/mol. The number of amides is 2. The smallest absolute Gasteiger partial charge is 0.322 e. The molecule has 0 aromatic heterocycles. The second kappa shape index (κ2) is 8.67. The fourth-order valence-electron chi connectivity index (χ4n) is 5.25. The molecule has 0 spiro atoms. The zero-order chi connectivity index (χ0) is 23.0. The van der Waals surface area contributed by atoms with E-state index in [-0.39, 0.29) is 23.3 Å². The highest BCUT2D eigenvalue weighted by Gasteiger charge is 2.43. The molecule has 1 aliphatic carbocycles. The fraction of sp³-hybridized carbons (Fsp3) is 0.407. The molecule has 3 aliphatic rings. The SMILES string of the molecule is CC1(C)CC(=O)C2=C(C1)Nc1ccccc1N(C(=O)NC[C@@H]1CCCO1)[C@@H]2c1ccccc1. The van der Waals surface area contributed by atoms with Crippen LogP contribution in [0.2, 0.25) is 0 Å². The van der Waals surface area contributed by atoms with Gasteiger partial charge in [-0.3, -0.25) is 9.69 Å². The van der Waals surface area contributed by atoms with E-state index >= 15 is 0 Å². The molecule has 0 saturated carbocycles. The van der Waals surface area contributed by atoms with E-state index in [1.807, 2.05) is 54.6 Å². The van der Waals surface area contributed by atoms with Gasteiger partial charge in [0.05, 0.1) is 23.5 Å². The molecule has 2 amide bonds. The standard InChI is InChI=1S/C27H31N3O3/c1-27(2)15-21-24(23(31)16-27)25(18-9-4-3-5-10-18)30(22-13-7-6-12-20(22)29-21)26(32)28-17-19-11-8-14-33-19/h3-7,9-10,12-13,19,25,29H,8,11,14-17H2,1-2H3,(H,28,32)/t19-,25+/m0/s1. The Bertz CT molecular complexity index is 1090. The summed E-state index contributed by atoms with van der Waals surface area (Å²) in [6.07, 6.45) is 3.21. The van der Waals surface area contributed by atoms with Gasteiger partial charge < -0.3 is 15.4 Å². The van der Waals surface area contributed by atoms with E-state index in [2.05, 4.69) is 24.5 Å². The number of nitrogens with zero attached hydrogens (tertiary/aromatic N) is 1. The summed E-state index contributed by atoms with van der Waals surface area (Å²) >= 11 is 0. The molecule has 172 valence electrons. The Kier molecular flexibility index (Phi) is 5.71. The van der Waals surface area contributed by atoms with Crippen LogP contribution in [0.4, 0.5) is 16.2 Å². The number of hydrogen-bond donors (Lipinski definition) is 2. The number of ether oxygens (including phenoxy) is 1. The van der Waals surface area contributed by atoms with Gasteiger partial charge in [-0.2, -0.15) is 0 Å². The van der Waals surface area contributed by atoms with E-state index in [0.29, 0.717) is 18.5 Å². The Morgan fingerprint density at radius 3 is 2.64 bits per heavy atom. The van der Waals surface area contributed by atoms with Crippen molar-refractivity contribution in [1.82, 2.24) is 5.32 Å². The third kappa shape index (κ3) is 4.27. The molecule has 2 N–H and O–H groups in total. The topological polar surface area (TPSA) is 70.7 Å². The first kappa shape index (κ1) is 21.7. The second-order valence-corrected chi connectivity index (χ2v) is 9.98. The van der Waals surface area contributed by atoms with Crippen molar-refractivity contribution in [2.45, 2.75) is 51.7 Å². The van der Waals surface area contributed by atoms with Gasteiger partial charge >= 0.3 is 6.03 Å². The summed E-state index contributed by atoms with van der Waals surface area (Å²) in [5, 5.41) is 6.63. The molecule has 0 unspecified atom stereocenters. The molecule has 1 saturated heterocycles. The summed E-state index contributed by atoms with van der Waals surface area (Å²) in [4.78, 5) is 29.1.